The molecule has 1 heterocycles. The molecule has 1 aromatic rings. The van der Waals surface area contributed by atoms with E-state index < -0.39 is 24.1 Å². The highest BCUT2D eigenvalue weighted by atomic mass is 16.4. The third-order valence-corrected chi connectivity index (χ3v) is 6.17. The molecular weight excluding hydrogens is 388 g/mol. The first-order valence-corrected chi connectivity index (χ1v) is 10.6. The number of nitrogens with one attached hydrogen (secondary N) is 1. The molecule has 3 rings (SSSR count). The number of carboxylic acids is 2. The summed E-state index contributed by atoms with van der Waals surface area (Å²) < 4.78 is 0. The molecule has 3 atom stereocenters. The van der Waals surface area contributed by atoms with Crippen molar-refractivity contribution in [2.24, 2.45) is 0 Å². The van der Waals surface area contributed by atoms with Crippen molar-refractivity contribution in [3.05, 3.63) is 34.9 Å². The number of benzene rings is 1. The van der Waals surface area contributed by atoms with Gasteiger partial charge in [-0.25, -0.2) is 9.59 Å². The lowest BCUT2D eigenvalue weighted by molar-refractivity contribution is -0.165. The maximum atomic E-state index is 9.77. The van der Waals surface area contributed by atoms with E-state index in [2.05, 4.69) is 42.3 Å². The Morgan fingerprint density at radius 2 is 1.63 bits per heavy atom. The fourth-order valence-electron chi connectivity index (χ4n) is 4.16. The van der Waals surface area contributed by atoms with E-state index >= 15 is 0 Å². The standard InChI is InChI=1S/C18H28N2.C4H6O6/c1-14-6-5-7-16(15(14)2)13-20(17-8-3-4-9-17)18-10-11-19-12-18;5-1(3(7)8)2(6)4(9)10/h5-7,17-19H,3-4,8-13H2,1-2H3;1-2,5-6H,(H,7,8)(H,9,10)/t18-;/m0./s1. The lowest BCUT2D eigenvalue weighted by Crippen LogP contribution is -2.42. The van der Waals surface area contributed by atoms with Gasteiger partial charge in [-0.05, 0) is 56.3 Å². The summed E-state index contributed by atoms with van der Waals surface area (Å²) in [6.45, 7) is 8.03. The summed E-state index contributed by atoms with van der Waals surface area (Å²) in [5.74, 6) is -3.54. The molecule has 2 aliphatic rings. The topological polar surface area (TPSA) is 130 Å². The number of carboxylic acid groups (broad SMARTS) is 2. The van der Waals surface area contributed by atoms with Gasteiger partial charge in [-0.15, -0.1) is 0 Å². The molecule has 1 saturated heterocycles. The van der Waals surface area contributed by atoms with Crippen LogP contribution in [0.3, 0.4) is 0 Å². The summed E-state index contributed by atoms with van der Waals surface area (Å²) in [6.07, 6.45) is 2.45. The van der Waals surface area contributed by atoms with Crippen molar-refractivity contribution in [2.45, 2.75) is 76.8 Å². The average molecular weight is 423 g/mol. The number of hydrogen-bond acceptors (Lipinski definition) is 6. The van der Waals surface area contributed by atoms with Crippen molar-refractivity contribution in [1.82, 2.24) is 10.2 Å². The van der Waals surface area contributed by atoms with Crippen molar-refractivity contribution in [3.8, 4) is 0 Å². The van der Waals surface area contributed by atoms with Crippen molar-refractivity contribution < 1.29 is 30.0 Å². The number of aliphatic hydroxyl groups is 2. The van der Waals surface area contributed by atoms with Gasteiger partial charge in [0.15, 0.2) is 12.2 Å². The van der Waals surface area contributed by atoms with Crippen LogP contribution in [-0.2, 0) is 16.1 Å². The van der Waals surface area contributed by atoms with Gasteiger partial charge < -0.3 is 25.7 Å². The Hall–Kier alpha value is -2.00. The maximum Gasteiger partial charge on any atom is 0.335 e. The van der Waals surface area contributed by atoms with E-state index in [1.807, 2.05) is 0 Å². The Labute approximate surface area is 177 Å². The Balaban J connectivity index is 0.000000274. The number of carbonyl (C=O) groups is 2. The molecule has 1 aliphatic heterocycles. The minimum atomic E-state index is -2.27. The molecule has 168 valence electrons. The minimum Gasteiger partial charge on any atom is -0.479 e. The molecule has 1 saturated carbocycles. The summed E-state index contributed by atoms with van der Waals surface area (Å²) in [5.41, 5.74) is 4.45. The first-order chi connectivity index (χ1) is 14.2. The van der Waals surface area contributed by atoms with Crippen LogP contribution in [0.2, 0.25) is 0 Å². The lowest BCUT2D eigenvalue weighted by atomic mass is 10.0. The fraction of sp³-hybridized carbons (Fsp3) is 0.636. The normalized spacial score (nSPS) is 21.2. The summed E-state index contributed by atoms with van der Waals surface area (Å²) in [7, 11) is 0. The number of aliphatic hydroxyl groups excluding tert-OH is 2. The zero-order valence-corrected chi connectivity index (χ0v) is 17.8. The van der Waals surface area contributed by atoms with Crippen molar-refractivity contribution in [3.63, 3.8) is 0 Å². The molecule has 0 bridgehead atoms. The quantitative estimate of drug-likeness (QED) is 0.444. The van der Waals surface area contributed by atoms with Crippen LogP contribution in [-0.4, -0.2) is 74.6 Å². The zero-order chi connectivity index (χ0) is 22.3. The summed E-state index contributed by atoms with van der Waals surface area (Å²) in [6, 6.07) is 8.35. The van der Waals surface area contributed by atoms with Gasteiger partial charge in [0.25, 0.3) is 0 Å². The predicted molar refractivity (Wildman–Crippen MR) is 112 cm³/mol. The molecule has 30 heavy (non-hydrogen) atoms. The van der Waals surface area contributed by atoms with Crippen molar-refractivity contribution in [2.75, 3.05) is 13.1 Å². The minimum absolute atomic E-state index is 0.748. The zero-order valence-electron chi connectivity index (χ0n) is 17.8. The van der Waals surface area contributed by atoms with Crippen molar-refractivity contribution in [1.29, 1.82) is 0 Å². The van der Waals surface area contributed by atoms with Gasteiger partial charge in [-0.3, -0.25) is 4.90 Å². The average Bonchev–Trinajstić information content (AvgIpc) is 3.42. The van der Waals surface area contributed by atoms with Gasteiger partial charge in [0.05, 0.1) is 0 Å². The number of hydrogen-bond donors (Lipinski definition) is 5. The van der Waals surface area contributed by atoms with Crippen LogP contribution in [0.1, 0.15) is 48.8 Å². The smallest absolute Gasteiger partial charge is 0.335 e. The molecular formula is C22H34N2O6. The van der Waals surface area contributed by atoms with Gasteiger partial charge in [-0.2, -0.15) is 0 Å². The van der Waals surface area contributed by atoms with E-state index in [9.17, 15) is 9.59 Å². The highest BCUT2D eigenvalue weighted by molar-refractivity contribution is 5.83. The van der Waals surface area contributed by atoms with E-state index in [1.165, 1.54) is 61.9 Å². The predicted octanol–water partition coefficient (Wildman–Crippen LogP) is 1.29. The van der Waals surface area contributed by atoms with E-state index in [1.54, 1.807) is 0 Å². The monoisotopic (exact) mass is 422 g/mol. The Morgan fingerprint density at radius 1 is 1.03 bits per heavy atom. The summed E-state index contributed by atoms with van der Waals surface area (Å²) >= 11 is 0. The molecule has 0 amide bonds. The Bertz CT molecular complexity index is 680. The Morgan fingerprint density at radius 3 is 2.13 bits per heavy atom. The molecule has 5 N–H and O–H groups in total. The van der Waals surface area contributed by atoms with Gasteiger partial charge in [0.2, 0.25) is 0 Å². The summed E-state index contributed by atoms with van der Waals surface area (Å²) in [4.78, 5) is 22.4. The highest BCUT2D eigenvalue weighted by Gasteiger charge is 2.31. The van der Waals surface area contributed by atoms with E-state index in [0.29, 0.717) is 0 Å². The van der Waals surface area contributed by atoms with Crippen LogP contribution in [0.4, 0.5) is 0 Å². The first-order valence-electron chi connectivity index (χ1n) is 10.6. The fourth-order valence-corrected chi connectivity index (χ4v) is 4.16. The van der Waals surface area contributed by atoms with Crippen LogP contribution in [0.5, 0.6) is 0 Å². The third-order valence-electron chi connectivity index (χ3n) is 6.17. The maximum absolute atomic E-state index is 9.77. The molecule has 0 radical (unpaired) electrons. The van der Waals surface area contributed by atoms with E-state index in [0.717, 1.165) is 18.6 Å². The molecule has 2 fully saturated rings. The van der Waals surface area contributed by atoms with Crippen LogP contribution >= 0.6 is 0 Å². The lowest BCUT2D eigenvalue weighted by Gasteiger charge is -2.34. The molecule has 0 aromatic heterocycles. The van der Waals surface area contributed by atoms with Gasteiger partial charge in [0, 0.05) is 25.2 Å². The first kappa shape index (κ1) is 24.3. The number of rotatable bonds is 7. The van der Waals surface area contributed by atoms with Crippen LogP contribution in [0.25, 0.3) is 0 Å². The van der Waals surface area contributed by atoms with Crippen LogP contribution < -0.4 is 5.32 Å². The van der Waals surface area contributed by atoms with E-state index in [-0.39, 0.29) is 0 Å². The summed E-state index contributed by atoms with van der Waals surface area (Å²) in [5, 5.41) is 36.1. The van der Waals surface area contributed by atoms with Crippen LogP contribution in [0, 0.1) is 13.8 Å². The second kappa shape index (κ2) is 11.4. The highest BCUT2D eigenvalue weighted by Crippen LogP contribution is 2.29. The van der Waals surface area contributed by atoms with Gasteiger partial charge in [0.1, 0.15) is 0 Å². The SMILES string of the molecule is Cc1cccc(CN(C2CCCC2)[C@H]2CCNC2)c1C.O=C(O)C(O)C(O)C(=O)O. The molecule has 8 nitrogen and oxygen atoms in total. The second-order valence-electron chi connectivity index (χ2n) is 8.18. The van der Waals surface area contributed by atoms with Gasteiger partial charge in [-0.1, -0.05) is 31.0 Å². The van der Waals surface area contributed by atoms with Crippen molar-refractivity contribution >= 4 is 11.9 Å². The largest absolute Gasteiger partial charge is 0.479 e. The van der Waals surface area contributed by atoms with Gasteiger partial charge >= 0.3 is 11.9 Å². The number of aliphatic carboxylic acids is 2. The van der Waals surface area contributed by atoms with Crippen LogP contribution in [0.15, 0.2) is 18.2 Å². The second-order valence-corrected chi connectivity index (χ2v) is 8.18. The Kier molecular flexibility index (Phi) is 9.23. The molecule has 1 aromatic carbocycles. The van der Waals surface area contributed by atoms with E-state index in [4.69, 9.17) is 20.4 Å². The third kappa shape index (κ3) is 6.50. The molecule has 2 unspecified atom stereocenters. The molecule has 1 aliphatic carbocycles. The number of aryl methyl sites for hydroxylation is 1. The number of nitrogens with zero attached hydrogens (tertiary/aromatic N) is 1. The molecule has 0 spiro atoms. The molecule has 8 heteroatoms.